The number of hydrogen-bond acceptors (Lipinski definition) is 4. The van der Waals surface area contributed by atoms with E-state index in [1.807, 2.05) is 54.9 Å². The predicted octanol–water partition coefficient (Wildman–Crippen LogP) is 3.49. The van der Waals surface area contributed by atoms with E-state index < -0.39 is 0 Å². The first-order valence-corrected chi connectivity index (χ1v) is 9.98. The lowest BCUT2D eigenvalue weighted by molar-refractivity contribution is 0.102. The molecule has 2 aromatic carbocycles. The molecule has 1 amide bonds. The number of hydrogen-bond donors (Lipinski definition) is 1. The number of amides is 1. The number of carbonyl (C=O) groups is 1. The molecule has 6 heteroatoms. The van der Waals surface area contributed by atoms with Gasteiger partial charge in [0.05, 0.1) is 5.69 Å². The average molecular weight is 390 g/mol. The van der Waals surface area contributed by atoms with E-state index in [1.54, 1.807) is 6.20 Å². The van der Waals surface area contributed by atoms with Crippen LogP contribution in [0.3, 0.4) is 0 Å². The van der Waals surface area contributed by atoms with E-state index in [9.17, 15) is 4.79 Å². The molecule has 4 rings (SSSR count). The quantitative estimate of drug-likeness (QED) is 0.742. The molecule has 0 radical (unpaired) electrons. The van der Waals surface area contributed by atoms with Crippen LogP contribution in [0.2, 0.25) is 0 Å². The van der Waals surface area contributed by atoms with Gasteiger partial charge in [-0.3, -0.25) is 4.79 Å². The van der Waals surface area contributed by atoms with Crippen LogP contribution in [0.1, 0.15) is 21.6 Å². The van der Waals surface area contributed by atoms with Gasteiger partial charge in [0.2, 0.25) is 0 Å². The second-order valence-electron chi connectivity index (χ2n) is 7.67. The molecule has 1 aliphatic rings. The van der Waals surface area contributed by atoms with Gasteiger partial charge in [0, 0.05) is 55.0 Å². The normalized spacial score (nSPS) is 14.8. The van der Waals surface area contributed by atoms with Gasteiger partial charge in [0.25, 0.3) is 5.91 Å². The van der Waals surface area contributed by atoms with Crippen LogP contribution in [-0.2, 0) is 0 Å². The Morgan fingerprint density at radius 1 is 0.931 bits per heavy atom. The monoisotopic (exact) mass is 389 g/mol. The molecule has 150 valence electrons. The zero-order valence-electron chi connectivity index (χ0n) is 17.2. The summed E-state index contributed by atoms with van der Waals surface area (Å²) < 4.78 is 1.85. The molecule has 3 aromatic rings. The summed E-state index contributed by atoms with van der Waals surface area (Å²) in [7, 11) is 2.16. The van der Waals surface area contributed by atoms with Crippen molar-refractivity contribution >= 4 is 17.3 Å². The summed E-state index contributed by atoms with van der Waals surface area (Å²) >= 11 is 0. The zero-order chi connectivity index (χ0) is 20.4. The van der Waals surface area contributed by atoms with Crippen molar-refractivity contribution in [1.29, 1.82) is 0 Å². The number of rotatable bonds is 4. The summed E-state index contributed by atoms with van der Waals surface area (Å²) in [6.07, 6.45) is 1.77. The third kappa shape index (κ3) is 4.17. The molecule has 1 N–H and O–H groups in total. The minimum atomic E-state index is -0.107. The van der Waals surface area contributed by atoms with Crippen molar-refractivity contribution < 1.29 is 4.79 Å². The Morgan fingerprint density at radius 3 is 2.24 bits per heavy atom. The summed E-state index contributed by atoms with van der Waals surface area (Å²) in [6.45, 7) is 8.26. The summed E-state index contributed by atoms with van der Waals surface area (Å²) in [5.74, 6) is -0.107. The van der Waals surface area contributed by atoms with E-state index in [0.717, 1.165) is 48.8 Å². The predicted molar refractivity (Wildman–Crippen MR) is 117 cm³/mol. The molecule has 1 aromatic heterocycles. The number of likely N-dealkylation sites (N-methyl/N-ethyl adjacent to an activating group) is 1. The van der Waals surface area contributed by atoms with Gasteiger partial charge in [-0.2, -0.15) is 5.10 Å². The highest BCUT2D eigenvalue weighted by atomic mass is 16.1. The maximum absolute atomic E-state index is 12.7. The minimum Gasteiger partial charge on any atom is -0.369 e. The maximum atomic E-state index is 12.7. The first kappa shape index (κ1) is 19.2. The summed E-state index contributed by atoms with van der Waals surface area (Å²) in [5.41, 5.74) is 5.75. The molecule has 1 aliphatic heterocycles. The van der Waals surface area contributed by atoms with E-state index in [-0.39, 0.29) is 5.91 Å². The molecule has 0 aliphatic carbocycles. The van der Waals surface area contributed by atoms with E-state index in [4.69, 9.17) is 0 Å². The van der Waals surface area contributed by atoms with Gasteiger partial charge in [-0.05, 0) is 75.0 Å². The highest BCUT2D eigenvalue weighted by molar-refractivity contribution is 6.04. The van der Waals surface area contributed by atoms with Crippen molar-refractivity contribution in [3.8, 4) is 5.69 Å². The van der Waals surface area contributed by atoms with Crippen LogP contribution < -0.4 is 10.2 Å². The second-order valence-corrected chi connectivity index (χ2v) is 7.67. The molecule has 2 heterocycles. The fraction of sp³-hybridized carbons (Fsp3) is 0.304. The molecular weight excluding hydrogens is 362 g/mol. The number of nitrogens with zero attached hydrogens (tertiary/aromatic N) is 4. The van der Waals surface area contributed by atoms with Gasteiger partial charge in [0.15, 0.2) is 0 Å². The van der Waals surface area contributed by atoms with Gasteiger partial charge in [0.1, 0.15) is 0 Å². The highest BCUT2D eigenvalue weighted by Gasteiger charge is 2.15. The molecule has 0 bridgehead atoms. The number of aromatic nitrogens is 2. The lowest BCUT2D eigenvalue weighted by Gasteiger charge is -2.34. The highest BCUT2D eigenvalue weighted by Crippen LogP contribution is 2.24. The molecule has 29 heavy (non-hydrogen) atoms. The number of aryl methyl sites for hydroxylation is 2. The lowest BCUT2D eigenvalue weighted by atomic mass is 10.1. The molecule has 6 nitrogen and oxygen atoms in total. The van der Waals surface area contributed by atoms with Crippen molar-refractivity contribution in [1.82, 2.24) is 14.7 Å². The van der Waals surface area contributed by atoms with Crippen molar-refractivity contribution in [3.05, 3.63) is 71.5 Å². The fourth-order valence-corrected chi connectivity index (χ4v) is 3.64. The molecular formula is C23H27N5O. The van der Waals surface area contributed by atoms with E-state index in [2.05, 4.69) is 39.4 Å². The van der Waals surface area contributed by atoms with Gasteiger partial charge >= 0.3 is 0 Å². The minimum absolute atomic E-state index is 0.107. The summed E-state index contributed by atoms with van der Waals surface area (Å²) in [6, 6.07) is 15.7. The Balaban J connectivity index is 1.45. The Kier molecular flexibility index (Phi) is 5.36. The number of anilines is 2. The average Bonchev–Trinajstić information content (AvgIpc) is 3.16. The van der Waals surface area contributed by atoms with Crippen LogP contribution in [0.25, 0.3) is 5.69 Å². The smallest absolute Gasteiger partial charge is 0.255 e. The van der Waals surface area contributed by atoms with Gasteiger partial charge in [-0.1, -0.05) is 0 Å². The van der Waals surface area contributed by atoms with Crippen LogP contribution in [0.15, 0.2) is 54.7 Å². The number of benzene rings is 2. The molecule has 0 saturated carbocycles. The Morgan fingerprint density at radius 2 is 1.62 bits per heavy atom. The molecule has 1 saturated heterocycles. The van der Waals surface area contributed by atoms with Crippen LogP contribution >= 0.6 is 0 Å². The third-order valence-corrected chi connectivity index (χ3v) is 5.53. The maximum Gasteiger partial charge on any atom is 0.255 e. The lowest BCUT2D eigenvalue weighted by Crippen LogP contribution is -2.44. The van der Waals surface area contributed by atoms with Gasteiger partial charge < -0.3 is 15.1 Å². The van der Waals surface area contributed by atoms with Crippen LogP contribution in [-0.4, -0.2) is 53.8 Å². The van der Waals surface area contributed by atoms with E-state index >= 15 is 0 Å². The van der Waals surface area contributed by atoms with Crippen LogP contribution in [0, 0.1) is 13.8 Å². The first-order valence-electron chi connectivity index (χ1n) is 9.98. The number of nitrogens with one attached hydrogen (secondary N) is 1. The van der Waals surface area contributed by atoms with Gasteiger partial charge in [-0.25, -0.2) is 4.68 Å². The first-order chi connectivity index (χ1) is 14.0. The van der Waals surface area contributed by atoms with E-state index in [0.29, 0.717) is 5.56 Å². The fourth-order valence-electron chi connectivity index (χ4n) is 3.64. The van der Waals surface area contributed by atoms with Gasteiger partial charge in [-0.15, -0.1) is 0 Å². The SMILES string of the molecule is Cc1cc(N2CCN(C)CC2)ccc1NC(=O)c1ccc(-n2nccc2C)cc1. The van der Waals surface area contributed by atoms with Crippen LogP contribution in [0.4, 0.5) is 11.4 Å². The topological polar surface area (TPSA) is 53.4 Å². The Hall–Kier alpha value is -3.12. The Bertz CT molecular complexity index is 1000. The standard InChI is InChI=1S/C23H27N5O/c1-17-16-21(27-14-12-26(3)13-15-27)8-9-22(17)25-23(29)19-4-6-20(7-5-19)28-18(2)10-11-24-28/h4-11,16H,12-15H2,1-3H3,(H,25,29). The molecule has 0 spiro atoms. The summed E-state index contributed by atoms with van der Waals surface area (Å²) in [4.78, 5) is 17.4. The van der Waals surface area contributed by atoms with Crippen molar-refractivity contribution in [2.24, 2.45) is 0 Å². The van der Waals surface area contributed by atoms with Crippen molar-refractivity contribution in [3.63, 3.8) is 0 Å². The van der Waals surface area contributed by atoms with E-state index in [1.165, 1.54) is 5.69 Å². The number of piperazine rings is 1. The third-order valence-electron chi connectivity index (χ3n) is 5.53. The zero-order valence-corrected chi connectivity index (χ0v) is 17.2. The van der Waals surface area contributed by atoms with Crippen molar-refractivity contribution in [2.45, 2.75) is 13.8 Å². The molecule has 1 fully saturated rings. The molecule has 0 atom stereocenters. The summed E-state index contributed by atoms with van der Waals surface area (Å²) in [5, 5.41) is 7.34. The van der Waals surface area contributed by atoms with Crippen LogP contribution in [0.5, 0.6) is 0 Å². The van der Waals surface area contributed by atoms with Crippen molar-refractivity contribution in [2.75, 3.05) is 43.4 Å². The largest absolute Gasteiger partial charge is 0.369 e. The Labute approximate surface area is 171 Å². The molecule has 0 unspecified atom stereocenters. The second kappa shape index (κ2) is 8.09. The number of carbonyl (C=O) groups excluding carboxylic acids is 1.